The molecule has 0 saturated heterocycles. The van der Waals surface area contributed by atoms with Crippen LogP contribution in [0.4, 0.5) is 0 Å². The first-order valence-corrected chi connectivity index (χ1v) is 5.46. The lowest BCUT2D eigenvalue weighted by Crippen LogP contribution is -2.33. The zero-order chi connectivity index (χ0) is 9.97. The largest absolute Gasteiger partial charge is 0.327 e. The van der Waals surface area contributed by atoms with Gasteiger partial charge in [0.1, 0.15) is 12.2 Å². The second-order valence-electron chi connectivity index (χ2n) is 4.03. The van der Waals surface area contributed by atoms with Gasteiger partial charge in [-0.2, -0.15) is 0 Å². The molecule has 0 radical (unpaired) electrons. The molecule has 1 aromatic rings. The van der Waals surface area contributed by atoms with Crippen LogP contribution in [0.3, 0.4) is 0 Å². The fourth-order valence-electron chi connectivity index (χ4n) is 2.27. The lowest BCUT2D eigenvalue weighted by atomic mass is 9.84. The van der Waals surface area contributed by atoms with Gasteiger partial charge in [-0.25, -0.2) is 0 Å². The minimum atomic E-state index is 0.276. The molecule has 0 amide bonds. The summed E-state index contributed by atoms with van der Waals surface area (Å²) < 4.78 is 2.11. The zero-order valence-corrected chi connectivity index (χ0v) is 8.69. The van der Waals surface area contributed by atoms with Crippen molar-refractivity contribution in [3.05, 3.63) is 12.2 Å². The van der Waals surface area contributed by atoms with Crippen molar-refractivity contribution in [2.24, 2.45) is 5.73 Å². The maximum atomic E-state index is 6.11. The van der Waals surface area contributed by atoms with Gasteiger partial charge in [-0.05, 0) is 19.8 Å². The van der Waals surface area contributed by atoms with E-state index >= 15 is 0 Å². The predicted octanol–water partition coefficient (Wildman–Crippen LogP) is 1.28. The van der Waals surface area contributed by atoms with Crippen molar-refractivity contribution in [3.8, 4) is 0 Å². The Bertz CT molecular complexity index is 294. The minimum Gasteiger partial charge on any atom is -0.327 e. The van der Waals surface area contributed by atoms with Crippen LogP contribution in [0.5, 0.6) is 0 Å². The van der Waals surface area contributed by atoms with E-state index < -0.39 is 0 Å². The van der Waals surface area contributed by atoms with Gasteiger partial charge in [0.25, 0.3) is 0 Å². The van der Waals surface area contributed by atoms with E-state index in [-0.39, 0.29) is 6.04 Å². The van der Waals surface area contributed by atoms with Crippen LogP contribution in [-0.4, -0.2) is 20.8 Å². The van der Waals surface area contributed by atoms with Crippen LogP contribution in [0.25, 0.3) is 0 Å². The molecule has 4 nitrogen and oxygen atoms in total. The third kappa shape index (κ3) is 1.66. The highest BCUT2D eigenvalue weighted by Gasteiger charge is 2.26. The normalized spacial score (nSPS) is 27.9. The SMILES string of the molecule is CCn1cnnc1C1CCCCC1N. The van der Waals surface area contributed by atoms with Gasteiger partial charge in [0, 0.05) is 18.5 Å². The lowest BCUT2D eigenvalue weighted by molar-refractivity contribution is 0.364. The number of hydrogen-bond acceptors (Lipinski definition) is 3. The fraction of sp³-hybridized carbons (Fsp3) is 0.800. The monoisotopic (exact) mass is 194 g/mol. The second-order valence-corrected chi connectivity index (χ2v) is 4.03. The number of aryl methyl sites for hydroxylation is 1. The molecule has 0 spiro atoms. The van der Waals surface area contributed by atoms with Gasteiger partial charge >= 0.3 is 0 Å². The summed E-state index contributed by atoms with van der Waals surface area (Å²) in [6.07, 6.45) is 6.63. The summed E-state index contributed by atoms with van der Waals surface area (Å²) in [5, 5.41) is 8.15. The van der Waals surface area contributed by atoms with E-state index in [9.17, 15) is 0 Å². The summed E-state index contributed by atoms with van der Waals surface area (Å²) in [6, 6.07) is 0.276. The molecule has 78 valence electrons. The van der Waals surface area contributed by atoms with Crippen LogP contribution in [0.1, 0.15) is 44.3 Å². The first kappa shape index (κ1) is 9.65. The molecule has 2 N–H and O–H groups in total. The highest BCUT2D eigenvalue weighted by molar-refractivity contribution is 5.02. The van der Waals surface area contributed by atoms with E-state index in [1.807, 2.05) is 0 Å². The van der Waals surface area contributed by atoms with Gasteiger partial charge in [-0.15, -0.1) is 10.2 Å². The van der Waals surface area contributed by atoms with Gasteiger partial charge in [-0.3, -0.25) is 0 Å². The van der Waals surface area contributed by atoms with E-state index in [1.165, 1.54) is 19.3 Å². The van der Waals surface area contributed by atoms with Gasteiger partial charge in [0.2, 0.25) is 0 Å². The fourth-order valence-corrected chi connectivity index (χ4v) is 2.27. The van der Waals surface area contributed by atoms with Crippen molar-refractivity contribution in [2.45, 2.75) is 51.1 Å². The van der Waals surface area contributed by atoms with Crippen LogP contribution >= 0.6 is 0 Å². The van der Waals surface area contributed by atoms with Gasteiger partial charge < -0.3 is 10.3 Å². The maximum absolute atomic E-state index is 6.11. The van der Waals surface area contributed by atoms with Crippen molar-refractivity contribution >= 4 is 0 Å². The third-order valence-electron chi connectivity index (χ3n) is 3.14. The molecule has 1 saturated carbocycles. The lowest BCUT2D eigenvalue weighted by Gasteiger charge is -2.27. The molecule has 2 atom stereocenters. The maximum Gasteiger partial charge on any atom is 0.137 e. The van der Waals surface area contributed by atoms with E-state index in [0.717, 1.165) is 18.8 Å². The van der Waals surface area contributed by atoms with Crippen molar-refractivity contribution < 1.29 is 0 Å². The molecule has 0 bridgehead atoms. The van der Waals surface area contributed by atoms with Crippen molar-refractivity contribution in [3.63, 3.8) is 0 Å². The summed E-state index contributed by atoms with van der Waals surface area (Å²) in [5.74, 6) is 1.51. The Kier molecular flexibility index (Phi) is 2.82. The summed E-state index contributed by atoms with van der Waals surface area (Å²) in [4.78, 5) is 0. The van der Waals surface area contributed by atoms with E-state index in [0.29, 0.717) is 5.92 Å². The highest BCUT2D eigenvalue weighted by atomic mass is 15.3. The van der Waals surface area contributed by atoms with Crippen LogP contribution in [0.15, 0.2) is 6.33 Å². The molecule has 4 heteroatoms. The van der Waals surface area contributed by atoms with Crippen LogP contribution in [0.2, 0.25) is 0 Å². The van der Waals surface area contributed by atoms with E-state index in [2.05, 4.69) is 21.7 Å². The molecule has 2 unspecified atom stereocenters. The molecule has 2 rings (SSSR count). The molecular formula is C10H18N4. The molecule has 0 aromatic carbocycles. The van der Waals surface area contributed by atoms with E-state index in [1.54, 1.807) is 6.33 Å². The Morgan fingerprint density at radius 1 is 1.50 bits per heavy atom. The predicted molar refractivity (Wildman–Crippen MR) is 54.9 cm³/mol. The molecule has 0 aliphatic heterocycles. The highest BCUT2D eigenvalue weighted by Crippen LogP contribution is 2.30. The average molecular weight is 194 g/mol. The Labute approximate surface area is 84.5 Å². The van der Waals surface area contributed by atoms with Crippen LogP contribution in [-0.2, 0) is 6.54 Å². The van der Waals surface area contributed by atoms with Crippen LogP contribution in [0, 0.1) is 0 Å². The van der Waals surface area contributed by atoms with Crippen molar-refractivity contribution in [1.82, 2.24) is 14.8 Å². The number of nitrogens with zero attached hydrogens (tertiary/aromatic N) is 3. The molecule has 1 heterocycles. The van der Waals surface area contributed by atoms with Gasteiger partial charge in [0.05, 0.1) is 0 Å². The molecule has 1 fully saturated rings. The second kappa shape index (κ2) is 4.09. The Morgan fingerprint density at radius 2 is 2.29 bits per heavy atom. The number of hydrogen-bond donors (Lipinski definition) is 1. The third-order valence-corrected chi connectivity index (χ3v) is 3.14. The summed E-state index contributed by atoms with van der Waals surface area (Å²) >= 11 is 0. The molecule has 1 aliphatic carbocycles. The standard InChI is InChI=1S/C10H18N4/c1-2-14-7-12-13-10(14)8-5-3-4-6-9(8)11/h7-9H,2-6,11H2,1H3. The summed E-state index contributed by atoms with van der Waals surface area (Å²) in [5.41, 5.74) is 6.11. The molecule has 14 heavy (non-hydrogen) atoms. The summed E-state index contributed by atoms with van der Waals surface area (Å²) in [7, 11) is 0. The number of aromatic nitrogens is 3. The number of rotatable bonds is 2. The first-order valence-electron chi connectivity index (χ1n) is 5.46. The van der Waals surface area contributed by atoms with Crippen LogP contribution < -0.4 is 5.73 Å². The average Bonchev–Trinajstić information content (AvgIpc) is 2.66. The van der Waals surface area contributed by atoms with Gasteiger partial charge in [0.15, 0.2) is 0 Å². The Morgan fingerprint density at radius 3 is 3.00 bits per heavy atom. The smallest absolute Gasteiger partial charge is 0.137 e. The van der Waals surface area contributed by atoms with Gasteiger partial charge in [-0.1, -0.05) is 12.8 Å². The molecule has 1 aromatic heterocycles. The molecule has 1 aliphatic rings. The van der Waals surface area contributed by atoms with Crippen molar-refractivity contribution in [2.75, 3.05) is 0 Å². The summed E-state index contributed by atoms with van der Waals surface area (Å²) in [6.45, 7) is 3.05. The quantitative estimate of drug-likeness (QED) is 0.771. The first-order chi connectivity index (χ1) is 6.83. The minimum absolute atomic E-state index is 0.276. The zero-order valence-electron chi connectivity index (χ0n) is 8.69. The number of nitrogens with two attached hydrogens (primary N) is 1. The topological polar surface area (TPSA) is 56.7 Å². The van der Waals surface area contributed by atoms with Crippen molar-refractivity contribution in [1.29, 1.82) is 0 Å². The van der Waals surface area contributed by atoms with E-state index in [4.69, 9.17) is 5.73 Å². The Hall–Kier alpha value is -0.900. The molecular weight excluding hydrogens is 176 g/mol. The Balaban J connectivity index is 2.20.